The highest BCUT2D eigenvalue weighted by Gasteiger charge is 2.30. The molecule has 0 N–H and O–H groups in total. The lowest BCUT2D eigenvalue weighted by Crippen LogP contribution is -2.25. The topological polar surface area (TPSA) is 0 Å². The predicted molar refractivity (Wildman–Crippen MR) is 101 cm³/mol. The van der Waals surface area contributed by atoms with Gasteiger partial charge in [-0.15, -0.1) is 0 Å². The average molecular weight is 309 g/mol. The molecule has 22 heavy (non-hydrogen) atoms. The Kier molecular flexibility index (Phi) is 6.28. The summed E-state index contributed by atoms with van der Waals surface area (Å²) in [7, 11) is 0. The number of hydrogen-bond donors (Lipinski definition) is 0. The Labute approximate surface area is 142 Å². The van der Waals surface area contributed by atoms with Crippen LogP contribution in [0.4, 0.5) is 0 Å². The minimum Gasteiger partial charge on any atom is -0.0625 e. The first-order valence-corrected chi connectivity index (χ1v) is 10.7. The molecule has 3 aliphatic carbocycles. The Morgan fingerprint density at radius 3 is 1.27 bits per heavy atom. The van der Waals surface area contributed by atoms with Crippen molar-refractivity contribution in [3.05, 3.63) is 0 Å². The molecule has 0 nitrogen and oxygen atoms in total. The summed E-state index contributed by atoms with van der Waals surface area (Å²) in [4.78, 5) is 0. The lowest BCUT2D eigenvalue weighted by Gasteiger charge is -2.37. The van der Waals surface area contributed by atoms with Crippen molar-refractivity contribution in [3.8, 4) is 0 Å². The zero-order valence-electron chi connectivity index (χ0n) is 15.4. The van der Waals surface area contributed by atoms with Gasteiger partial charge in [-0.1, -0.05) is 78.1 Å². The molecular formula is C22H44. The van der Waals surface area contributed by atoms with E-state index in [-0.39, 0.29) is 2.85 Å². The fourth-order valence-corrected chi connectivity index (χ4v) is 5.79. The zero-order chi connectivity index (χ0) is 15.4. The van der Waals surface area contributed by atoms with Crippen molar-refractivity contribution in [2.45, 2.75) is 104 Å². The van der Waals surface area contributed by atoms with E-state index >= 15 is 0 Å². The monoisotopic (exact) mass is 308 g/mol. The summed E-state index contributed by atoms with van der Waals surface area (Å²) in [6.45, 7) is 4.91. The third-order valence-corrected chi connectivity index (χ3v) is 7.74. The van der Waals surface area contributed by atoms with Gasteiger partial charge in [0.15, 0.2) is 0 Å². The van der Waals surface area contributed by atoms with Gasteiger partial charge in [0, 0.05) is 2.85 Å². The quantitative estimate of drug-likeness (QED) is 0.498. The molecule has 0 aromatic rings. The van der Waals surface area contributed by atoms with Crippen LogP contribution in [-0.4, -0.2) is 0 Å². The van der Waals surface area contributed by atoms with Gasteiger partial charge in [0.1, 0.15) is 0 Å². The SMILES string of the molecule is CC1CCC(CCC2CCC(C3CCC(C)CC3)CC2)CC1.[HH].[HH]. The highest BCUT2D eigenvalue weighted by Crippen LogP contribution is 2.43. The van der Waals surface area contributed by atoms with Gasteiger partial charge in [-0.3, -0.25) is 0 Å². The summed E-state index contributed by atoms with van der Waals surface area (Å²) in [5.41, 5.74) is 0. The van der Waals surface area contributed by atoms with E-state index in [1.165, 1.54) is 38.5 Å². The Morgan fingerprint density at radius 1 is 0.500 bits per heavy atom. The van der Waals surface area contributed by atoms with Gasteiger partial charge in [-0.2, -0.15) is 0 Å². The molecule has 3 fully saturated rings. The minimum atomic E-state index is 0. The van der Waals surface area contributed by atoms with Crippen LogP contribution < -0.4 is 0 Å². The fourth-order valence-electron chi connectivity index (χ4n) is 5.79. The lowest BCUT2D eigenvalue weighted by atomic mass is 9.68. The van der Waals surface area contributed by atoms with E-state index < -0.39 is 0 Å². The molecule has 0 radical (unpaired) electrons. The average Bonchev–Trinajstić information content (AvgIpc) is 2.56. The Morgan fingerprint density at radius 2 is 0.818 bits per heavy atom. The van der Waals surface area contributed by atoms with Crippen LogP contribution in [0.3, 0.4) is 0 Å². The smallest absolute Gasteiger partial charge is 0 e. The molecule has 0 unspecified atom stereocenters. The first kappa shape index (κ1) is 16.8. The molecular weight excluding hydrogens is 264 g/mol. The van der Waals surface area contributed by atoms with Crippen molar-refractivity contribution >= 4 is 0 Å². The molecule has 0 heteroatoms. The molecule has 0 bridgehead atoms. The van der Waals surface area contributed by atoms with Gasteiger partial charge in [-0.05, 0) is 61.2 Å². The predicted octanol–water partition coefficient (Wildman–Crippen LogP) is 7.72. The van der Waals surface area contributed by atoms with Crippen molar-refractivity contribution in [2.24, 2.45) is 35.5 Å². The standard InChI is InChI=1S/C22H40.2H2/c1-17-3-7-19(8-4-17)9-10-20-11-15-22(16-12-20)21-13-5-18(2)6-14-21;;/h17-22H,3-16H2,1-2H3;2*1H. The van der Waals surface area contributed by atoms with E-state index in [1.807, 2.05) is 0 Å². The number of rotatable bonds is 4. The van der Waals surface area contributed by atoms with Crippen LogP contribution in [0.15, 0.2) is 0 Å². The first-order chi connectivity index (χ1) is 10.7. The van der Waals surface area contributed by atoms with Crippen LogP contribution >= 0.6 is 0 Å². The molecule has 0 aromatic carbocycles. The van der Waals surface area contributed by atoms with Crippen LogP contribution in [0.1, 0.15) is 107 Å². The summed E-state index contributed by atoms with van der Waals surface area (Å²) >= 11 is 0. The molecule has 3 aliphatic rings. The van der Waals surface area contributed by atoms with Crippen LogP contribution in [0, 0.1) is 35.5 Å². The molecule has 0 atom stereocenters. The van der Waals surface area contributed by atoms with E-state index in [2.05, 4.69) is 13.8 Å². The molecule has 0 heterocycles. The Balaban J connectivity index is 0.00000144. The second-order valence-corrected chi connectivity index (χ2v) is 9.50. The second kappa shape index (κ2) is 8.20. The van der Waals surface area contributed by atoms with E-state index in [4.69, 9.17) is 0 Å². The summed E-state index contributed by atoms with van der Waals surface area (Å²) in [5.74, 6) is 6.44. The third kappa shape index (κ3) is 4.75. The molecule has 132 valence electrons. The lowest BCUT2D eigenvalue weighted by molar-refractivity contribution is 0.142. The van der Waals surface area contributed by atoms with Gasteiger partial charge in [0.2, 0.25) is 0 Å². The van der Waals surface area contributed by atoms with E-state index in [0.717, 1.165) is 35.5 Å². The van der Waals surface area contributed by atoms with E-state index in [9.17, 15) is 0 Å². The zero-order valence-corrected chi connectivity index (χ0v) is 15.4. The molecule has 0 saturated heterocycles. The van der Waals surface area contributed by atoms with Crippen LogP contribution in [0.25, 0.3) is 0 Å². The molecule has 0 amide bonds. The fraction of sp³-hybridized carbons (Fsp3) is 1.00. The summed E-state index contributed by atoms with van der Waals surface area (Å²) in [6.07, 6.45) is 21.7. The molecule has 3 saturated carbocycles. The van der Waals surface area contributed by atoms with Gasteiger partial charge in [0.25, 0.3) is 0 Å². The van der Waals surface area contributed by atoms with Gasteiger partial charge < -0.3 is 0 Å². The summed E-state index contributed by atoms with van der Waals surface area (Å²) in [5, 5.41) is 0. The van der Waals surface area contributed by atoms with Crippen molar-refractivity contribution in [2.75, 3.05) is 0 Å². The highest BCUT2D eigenvalue weighted by atomic mass is 14.4. The highest BCUT2D eigenvalue weighted by molar-refractivity contribution is 4.82. The molecule has 3 rings (SSSR count). The van der Waals surface area contributed by atoms with Crippen molar-refractivity contribution < 1.29 is 2.85 Å². The van der Waals surface area contributed by atoms with Crippen molar-refractivity contribution in [1.29, 1.82) is 0 Å². The number of hydrogen-bond acceptors (Lipinski definition) is 0. The van der Waals surface area contributed by atoms with Gasteiger partial charge >= 0.3 is 0 Å². The molecule has 0 aromatic heterocycles. The molecule has 0 aliphatic heterocycles. The van der Waals surface area contributed by atoms with E-state index in [0.29, 0.717) is 0 Å². The Hall–Kier alpha value is 0. The second-order valence-electron chi connectivity index (χ2n) is 9.50. The first-order valence-electron chi connectivity index (χ1n) is 10.7. The third-order valence-electron chi connectivity index (χ3n) is 7.74. The van der Waals surface area contributed by atoms with E-state index in [1.54, 1.807) is 51.4 Å². The van der Waals surface area contributed by atoms with Crippen LogP contribution in [0.5, 0.6) is 0 Å². The van der Waals surface area contributed by atoms with Crippen LogP contribution in [-0.2, 0) is 0 Å². The van der Waals surface area contributed by atoms with Crippen molar-refractivity contribution in [3.63, 3.8) is 0 Å². The van der Waals surface area contributed by atoms with Gasteiger partial charge in [-0.25, -0.2) is 0 Å². The Bertz CT molecular complexity index is 306. The maximum atomic E-state index is 2.46. The summed E-state index contributed by atoms with van der Waals surface area (Å²) < 4.78 is 0. The van der Waals surface area contributed by atoms with Crippen molar-refractivity contribution in [1.82, 2.24) is 0 Å². The summed E-state index contributed by atoms with van der Waals surface area (Å²) in [6, 6.07) is 0. The largest absolute Gasteiger partial charge is 0.0625 e. The normalized spacial score (nSPS) is 43.9. The maximum absolute atomic E-state index is 2.46. The minimum absolute atomic E-state index is 0. The van der Waals surface area contributed by atoms with Gasteiger partial charge in [0.05, 0.1) is 0 Å². The van der Waals surface area contributed by atoms with Crippen LogP contribution in [0.2, 0.25) is 0 Å². The maximum Gasteiger partial charge on any atom is 0 e. The molecule has 0 spiro atoms.